The van der Waals surface area contributed by atoms with Gasteiger partial charge in [0, 0.05) is 24.0 Å². The van der Waals surface area contributed by atoms with E-state index in [1.54, 1.807) is 4.68 Å². The molecule has 0 saturated carbocycles. The van der Waals surface area contributed by atoms with Crippen molar-refractivity contribution >= 4 is 28.6 Å². The summed E-state index contributed by atoms with van der Waals surface area (Å²) in [7, 11) is 1.88. The lowest BCUT2D eigenvalue weighted by Crippen LogP contribution is -2.25. The van der Waals surface area contributed by atoms with Crippen molar-refractivity contribution in [1.29, 1.82) is 0 Å². The van der Waals surface area contributed by atoms with Gasteiger partial charge in [0.1, 0.15) is 5.75 Å². The van der Waals surface area contributed by atoms with E-state index in [1.807, 2.05) is 67.2 Å². The molecule has 0 bridgehead atoms. The Morgan fingerprint density at radius 1 is 1.08 bits per heavy atom. The minimum atomic E-state index is -0.162. The Labute approximate surface area is 232 Å². The molecule has 1 atom stereocenters. The largest absolute Gasteiger partial charge is 0.482 e. The molecule has 0 fully saturated rings. The molecule has 0 radical (unpaired) electrons. The van der Waals surface area contributed by atoms with Crippen molar-refractivity contribution in [2.45, 2.75) is 53.0 Å². The maximum atomic E-state index is 13.6. The van der Waals surface area contributed by atoms with Gasteiger partial charge in [-0.15, -0.1) is 11.3 Å². The lowest BCUT2D eigenvalue weighted by atomic mass is 10.0. The number of thiazole rings is 1. The number of anilines is 1. The number of hydrogen-bond donors (Lipinski definition) is 1. The lowest BCUT2D eigenvalue weighted by Gasteiger charge is -2.21. The summed E-state index contributed by atoms with van der Waals surface area (Å²) in [6, 6.07) is 15.6. The minimum absolute atomic E-state index is 0.0254. The molecule has 1 aliphatic heterocycles. The summed E-state index contributed by atoms with van der Waals surface area (Å²) in [6.45, 7) is 8.65. The number of benzene rings is 2. The van der Waals surface area contributed by atoms with E-state index >= 15 is 0 Å². The first-order valence-electron chi connectivity index (χ1n) is 13.4. The van der Waals surface area contributed by atoms with Crippen LogP contribution in [0, 0.1) is 12.8 Å². The third-order valence-electron chi connectivity index (χ3n) is 7.23. The number of fused-ring (bicyclic) bond motifs is 1. The van der Waals surface area contributed by atoms with Crippen LogP contribution in [-0.2, 0) is 11.8 Å². The van der Waals surface area contributed by atoms with Crippen LogP contribution in [0.1, 0.15) is 51.8 Å². The third kappa shape index (κ3) is 5.36. The van der Waals surface area contributed by atoms with Gasteiger partial charge in [-0.3, -0.25) is 14.3 Å². The van der Waals surface area contributed by atoms with E-state index in [2.05, 4.69) is 36.0 Å². The lowest BCUT2D eigenvalue weighted by molar-refractivity contribution is -0.118. The number of para-hydroxylation sites is 1. The number of aromatic nitrogens is 3. The zero-order valence-corrected chi connectivity index (χ0v) is 23.9. The van der Waals surface area contributed by atoms with Gasteiger partial charge in [-0.05, 0) is 56.5 Å². The topological polar surface area (TPSA) is 82.6 Å². The van der Waals surface area contributed by atoms with Gasteiger partial charge in [0.15, 0.2) is 17.1 Å². The van der Waals surface area contributed by atoms with E-state index in [4.69, 9.17) is 9.73 Å². The third-order valence-corrected chi connectivity index (χ3v) is 8.07. The molecule has 4 aromatic rings. The number of carbonyl (C=O) groups excluding carboxylic acids is 1. The summed E-state index contributed by atoms with van der Waals surface area (Å²) in [5.41, 5.74) is 4.50. The number of ether oxygens (including phenoxy) is 1. The zero-order chi connectivity index (χ0) is 27.7. The van der Waals surface area contributed by atoms with Crippen LogP contribution >= 0.6 is 11.3 Å². The predicted molar refractivity (Wildman–Crippen MR) is 156 cm³/mol. The first-order valence-corrected chi connectivity index (χ1v) is 14.3. The molecule has 0 aliphatic carbocycles. The van der Waals surface area contributed by atoms with Crippen LogP contribution < -0.4 is 20.4 Å². The van der Waals surface area contributed by atoms with Crippen LogP contribution in [0.2, 0.25) is 0 Å². The SMILES string of the molecule is Cc1c(N=c2scc(-c3ccc4c(c3)NC(=O)CO4)n2C(C)CCCC(C)C)c(=O)n(-c2ccccc2)n1C. The molecule has 39 heavy (non-hydrogen) atoms. The fraction of sp³-hybridized carbons (Fsp3) is 0.367. The second kappa shape index (κ2) is 11.1. The van der Waals surface area contributed by atoms with Gasteiger partial charge in [0.05, 0.1) is 22.8 Å². The zero-order valence-electron chi connectivity index (χ0n) is 23.1. The van der Waals surface area contributed by atoms with Gasteiger partial charge in [-0.1, -0.05) is 44.9 Å². The summed E-state index contributed by atoms with van der Waals surface area (Å²) in [6.07, 6.45) is 3.24. The van der Waals surface area contributed by atoms with Gasteiger partial charge in [0.25, 0.3) is 11.5 Å². The highest BCUT2D eigenvalue weighted by atomic mass is 32.1. The van der Waals surface area contributed by atoms with E-state index in [-0.39, 0.29) is 24.1 Å². The fourth-order valence-electron chi connectivity index (χ4n) is 5.01. The van der Waals surface area contributed by atoms with Crippen LogP contribution in [0.25, 0.3) is 16.9 Å². The average Bonchev–Trinajstić information content (AvgIpc) is 3.43. The van der Waals surface area contributed by atoms with E-state index in [0.717, 1.165) is 46.7 Å². The Morgan fingerprint density at radius 3 is 2.59 bits per heavy atom. The summed E-state index contributed by atoms with van der Waals surface area (Å²) in [4.78, 5) is 31.3. The Balaban J connectivity index is 1.63. The quantitative estimate of drug-likeness (QED) is 0.296. The van der Waals surface area contributed by atoms with Crippen molar-refractivity contribution in [2.75, 3.05) is 11.9 Å². The highest BCUT2D eigenvalue weighted by Gasteiger charge is 2.21. The Kier molecular flexibility index (Phi) is 7.61. The first kappa shape index (κ1) is 26.7. The summed E-state index contributed by atoms with van der Waals surface area (Å²) in [5, 5.41) is 4.99. The van der Waals surface area contributed by atoms with Crippen LogP contribution in [0.3, 0.4) is 0 Å². The number of carbonyl (C=O) groups is 1. The minimum Gasteiger partial charge on any atom is -0.482 e. The van der Waals surface area contributed by atoms with Gasteiger partial charge < -0.3 is 14.6 Å². The predicted octanol–water partition coefficient (Wildman–Crippen LogP) is 5.97. The molecule has 0 spiro atoms. The van der Waals surface area contributed by atoms with Crippen molar-refractivity contribution in [3.05, 3.63) is 74.8 Å². The monoisotopic (exact) mass is 545 g/mol. The molecule has 0 saturated heterocycles. The number of nitrogens with zero attached hydrogens (tertiary/aromatic N) is 4. The standard InChI is InChI=1S/C30H35N5O3S/c1-19(2)10-9-11-20(3)34-25(22-14-15-26-24(16-22)31-27(36)17-38-26)18-39-30(34)32-28-21(4)33(5)35(29(28)37)23-12-7-6-8-13-23/h6-8,12-16,18-20H,9-11,17H2,1-5H3,(H,31,36). The number of rotatable bonds is 8. The van der Waals surface area contributed by atoms with Crippen molar-refractivity contribution in [3.8, 4) is 22.7 Å². The van der Waals surface area contributed by atoms with Gasteiger partial charge in [-0.25, -0.2) is 9.67 Å². The molecule has 2 aromatic carbocycles. The van der Waals surface area contributed by atoms with E-state index < -0.39 is 0 Å². The molecule has 9 heteroatoms. The Bertz CT molecular complexity index is 1620. The average molecular weight is 546 g/mol. The van der Waals surface area contributed by atoms with Gasteiger partial charge in [-0.2, -0.15) is 0 Å². The molecule has 1 unspecified atom stereocenters. The first-order chi connectivity index (χ1) is 18.7. The fourth-order valence-corrected chi connectivity index (χ4v) is 6.01. The maximum Gasteiger partial charge on any atom is 0.297 e. The number of hydrogen-bond acceptors (Lipinski definition) is 5. The number of amides is 1. The van der Waals surface area contributed by atoms with E-state index in [9.17, 15) is 9.59 Å². The molecular formula is C30H35N5O3S. The van der Waals surface area contributed by atoms with E-state index in [0.29, 0.717) is 23.0 Å². The van der Waals surface area contributed by atoms with Crippen LogP contribution in [0.15, 0.2) is 63.7 Å². The van der Waals surface area contributed by atoms with Gasteiger partial charge in [0.2, 0.25) is 0 Å². The molecule has 8 nitrogen and oxygen atoms in total. The van der Waals surface area contributed by atoms with Crippen LogP contribution in [-0.4, -0.2) is 26.4 Å². The second-order valence-electron chi connectivity index (χ2n) is 10.5. The normalized spacial score (nSPS) is 14.3. The van der Waals surface area contributed by atoms with Crippen LogP contribution in [0.5, 0.6) is 5.75 Å². The summed E-state index contributed by atoms with van der Waals surface area (Å²) in [5.74, 6) is 1.14. The van der Waals surface area contributed by atoms with Crippen molar-refractivity contribution in [2.24, 2.45) is 18.0 Å². The number of nitrogens with one attached hydrogen (secondary N) is 1. The summed E-state index contributed by atoms with van der Waals surface area (Å²) < 4.78 is 11.3. The van der Waals surface area contributed by atoms with Crippen LogP contribution in [0.4, 0.5) is 11.4 Å². The van der Waals surface area contributed by atoms with Crippen molar-refractivity contribution < 1.29 is 9.53 Å². The molecule has 2 aromatic heterocycles. The smallest absolute Gasteiger partial charge is 0.297 e. The maximum absolute atomic E-state index is 13.6. The molecule has 3 heterocycles. The molecular weight excluding hydrogens is 510 g/mol. The van der Waals surface area contributed by atoms with Gasteiger partial charge >= 0.3 is 0 Å². The summed E-state index contributed by atoms with van der Waals surface area (Å²) >= 11 is 1.52. The van der Waals surface area contributed by atoms with Crippen molar-refractivity contribution in [1.82, 2.24) is 13.9 Å². The molecule has 5 rings (SSSR count). The highest BCUT2D eigenvalue weighted by molar-refractivity contribution is 7.07. The molecule has 204 valence electrons. The van der Waals surface area contributed by atoms with E-state index in [1.165, 1.54) is 11.3 Å². The Hall–Kier alpha value is -3.85. The Morgan fingerprint density at radius 2 is 1.85 bits per heavy atom. The molecule has 1 N–H and O–H groups in total. The van der Waals surface area contributed by atoms with Crippen molar-refractivity contribution in [3.63, 3.8) is 0 Å². The molecule has 1 amide bonds. The highest BCUT2D eigenvalue weighted by Crippen LogP contribution is 2.34. The second-order valence-corrected chi connectivity index (χ2v) is 11.4. The molecule has 1 aliphatic rings.